The van der Waals surface area contributed by atoms with Gasteiger partial charge in [-0.1, -0.05) is 0 Å². The van der Waals surface area contributed by atoms with E-state index in [0.29, 0.717) is 17.3 Å². The fraction of sp³-hybridized carbons (Fsp3) is 0.190. The number of phenolic OH excluding ortho intramolecular Hbond substituents is 1. The number of rotatable bonds is 7. The van der Waals surface area contributed by atoms with Crippen LogP contribution >= 0.6 is 0 Å². The first-order chi connectivity index (χ1) is 15.0. The van der Waals surface area contributed by atoms with Crippen LogP contribution in [0.15, 0.2) is 47.3 Å². The highest BCUT2D eigenvalue weighted by Crippen LogP contribution is 2.43. The van der Waals surface area contributed by atoms with Gasteiger partial charge in [0, 0.05) is 18.1 Å². The molecule has 3 rings (SSSR count). The summed E-state index contributed by atoms with van der Waals surface area (Å²) in [5.41, 5.74) is -0.744. The van der Waals surface area contributed by atoms with E-state index in [-0.39, 0.29) is 29.2 Å². The molecule has 0 saturated heterocycles. The number of ether oxygens (including phenoxy) is 2. The summed E-state index contributed by atoms with van der Waals surface area (Å²) in [6.45, 7) is 0.570. The second kappa shape index (κ2) is 9.00. The van der Waals surface area contributed by atoms with Crippen molar-refractivity contribution in [2.75, 3.05) is 6.61 Å². The van der Waals surface area contributed by atoms with E-state index in [0.717, 1.165) is 0 Å². The van der Waals surface area contributed by atoms with Crippen molar-refractivity contribution in [2.45, 2.75) is 19.5 Å². The fourth-order valence-electron chi connectivity index (χ4n) is 2.87. The van der Waals surface area contributed by atoms with E-state index in [1.807, 2.05) is 0 Å². The van der Waals surface area contributed by atoms with Crippen molar-refractivity contribution >= 4 is 5.97 Å². The lowest BCUT2D eigenvalue weighted by molar-refractivity contribution is -0.139. The van der Waals surface area contributed by atoms with Gasteiger partial charge in [-0.05, 0) is 48.9 Å². The van der Waals surface area contributed by atoms with E-state index < -0.39 is 35.6 Å². The van der Waals surface area contributed by atoms with Gasteiger partial charge >= 0.3 is 12.1 Å². The highest BCUT2D eigenvalue weighted by atomic mass is 19.4. The number of nitrogens with zero attached hydrogens (tertiary/aromatic N) is 1. The Morgan fingerprint density at radius 1 is 1.12 bits per heavy atom. The maximum atomic E-state index is 13.6. The topological polar surface area (TPSA) is 122 Å². The predicted molar refractivity (Wildman–Crippen MR) is 105 cm³/mol. The lowest BCUT2D eigenvalue weighted by Gasteiger charge is -2.18. The van der Waals surface area contributed by atoms with Crippen LogP contribution in [0.5, 0.6) is 23.0 Å². The van der Waals surface area contributed by atoms with Crippen molar-refractivity contribution < 1.29 is 37.7 Å². The Hall–Kier alpha value is -4.02. The van der Waals surface area contributed by atoms with Crippen molar-refractivity contribution in [3.05, 3.63) is 75.2 Å². The molecule has 0 fully saturated rings. The van der Waals surface area contributed by atoms with Crippen molar-refractivity contribution in [1.29, 1.82) is 0 Å². The Morgan fingerprint density at radius 3 is 2.50 bits per heavy atom. The Bertz CT molecular complexity index is 1190. The molecule has 3 aromatic rings. The van der Waals surface area contributed by atoms with Crippen molar-refractivity contribution in [3.63, 3.8) is 0 Å². The van der Waals surface area contributed by atoms with Crippen molar-refractivity contribution in [2.24, 2.45) is 0 Å². The van der Waals surface area contributed by atoms with E-state index in [1.165, 1.54) is 43.3 Å². The van der Waals surface area contributed by atoms with Gasteiger partial charge in [-0.15, -0.1) is 0 Å². The van der Waals surface area contributed by atoms with Crippen LogP contribution in [0.1, 0.15) is 22.4 Å². The summed E-state index contributed by atoms with van der Waals surface area (Å²) in [6, 6.07) is 8.53. The Balaban J connectivity index is 1.94. The zero-order valence-corrected chi connectivity index (χ0v) is 16.6. The molecule has 0 aliphatic carbocycles. The molecular weight excluding hydrogens is 433 g/mol. The highest BCUT2D eigenvalue weighted by molar-refractivity contribution is 5.68. The number of nitrogens with one attached hydrogen (secondary N) is 1. The Labute approximate surface area is 178 Å². The highest BCUT2D eigenvalue weighted by Gasteiger charge is 2.36. The molecule has 2 aromatic carbocycles. The standard InChI is InChI=1S/C21H17F3N2O6/c1-11-6-15(31-10-19(29)30)9-16(21(22,23)24)20(11)32-14-3-4-17(27)12(8-14)7-13-2-5-18(28)26-25-13/h2-6,8-9,27H,7,10H2,1H3,(H,26,28)(H,29,30). The minimum atomic E-state index is -4.80. The third-order valence-electron chi connectivity index (χ3n) is 4.30. The normalized spacial score (nSPS) is 11.2. The third kappa shape index (κ3) is 5.56. The maximum absolute atomic E-state index is 13.6. The molecule has 1 aromatic heterocycles. The largest absolute Gasteiger partial charge is 0.508 e. The number of H-pyrrole nitrogens is 1. The molecular formula is C21H17F3N2O6. The van der Waals surface area contributed by atoms with Gasteiger partial charge in [-0.2, -0.15) is 18.3 Å². The summed E-state index contributed by atoms with van der Waals surface area (Å²) in [4.78, 5) is 21.8. The Kier molecular flexibility index (Phi) is 6.37. The summed E-state index contributed by atoms with van der Waals surface area (Å²) in [6.07, 6.45) is -4.71. The molecule has 11 heteroatoms. The number of aromatic nitrogens is 2. The Morgan fingerprint density at radius 2 is 1.88 bits per heavy atom. The van der Waals surface area contributed by atoms with Crippen molar-refractivity contribution in [3.8, 4) is 23.0 Å². The second-order valence-electron chi connectivity index (χ2n) is 6.78. The van der Waals surface area contributed by atoms with E-state index in [9.17, 15) is 27.9 Å². The van der Waals surface area contributed by atoms with Crippen LogP contribution in [0.3, 0.4) is 0 Å². The molecule has 0 aliphatic rings. The molecule has 1 heterocycles. The summed E-state index contributed by atoms with van der Waals surface area (Å²) in [5, 5.41) is 24.9. The number of aliphatic carboxylic acids is 1. The number of aromatic hydroxyl groups is 1. The van der Waals surface area contributed by atoms with Crippen LogP contribution in [-0.2, 0) is 17.4 Å². The number of carboxylic acids is 1. The third-order valence-corrected chi connectivity index (χ3v) is 4.30. The number of halogens is 3. The van der Waals surface area contributed by atoms with Gasteiger partial charge in [0.1, 0.15) is 28.6 Å². The predicted octanol–water partition coefficient (Wildman–Crippen LogP) is 3.65. The van der Waals surface area contributed by atoms with Gasteiger partial charge in [-0.3, -0.25) is 4.79 Å². The molecule has 0 saturated carbocycles. The van der Waals surface area contributed by atoms with Crippen molar-refractivity contribution in [1.82, 2.24) is 10.2 Å². The summed E-state index contributed by atoms with van der Waals surface area (Å²) >= 11 is 0. The molecule has 0 radical (unpaired) electrons. The van der Waals surface area contributed by atoms with Gasteiger partial charge in [0.25, 0.3) is 5.56 Å². The average Bonchev–Trinajstić information content (AvgIpc) is 2.71. The maximum Gasteiger partial charge on any atom is 0.420 e. The van der Waals surface area contributed by atoms with Crippen LogP contribution in [0.25, 0.3) is 0 Å². The van der Waals surface area contributed by atoms with Gasteiger partial charge < -0.3 is 19.7 Å². The molecule has 0 bridgehead atoms. The minimum absolute atomic E-state index is 0.0232. The number of aromatic amines is 1. The summed E-state index contributed by atoms with van der Waals surface area (Å²) < 4.78 is 51.3. The minimum Gasteiger partial charge on any atom is -0.508 e. The van der Waals surface area contributed by atoms with E-state index >= 15 is 0 Å². The van der Waals surface area contributed by atoms with Gasteiger partial charge in [0.2, 0.25) is 0 Å². The monoisotopic (exact) mass is 450 g/mol. The van der Waals surface area contributed by atoms with Crippen LogP contribution in [0, 0.1) is 6.92 Å². The molecule has 32 heavy (non-hydrogen) atoms. The molecule has 0 amide bonds. The summed E-state index contributed by atoms with van der Waals surface area (Å²) in [5.74, 6) is -2.19. The van der Waals surface area contributed by atoms with Gasteiger partial charge in [0.15, 0.2) is 6.61 Å². The molecule has 168 valence electrons. The smallest absolute Gasteiger partial charge is 0.420 e. The zero-order chi connectivity index (χ0) is 23.5. The number of hydrogen-bond acceptors (Lipinski definition) is 6. The number of carbonyl (C=O) groups is 1. The number of aryl methyl sites for hydroxylation is 1. The van der Waals surface area contributed by atoms with Gasteiger partial charge in [-0.25, -0.2) is 9.89 Å². The van der Waals surface area contributed by atoms with Crippen LogP contribution < -0.4 is 15.0 Å². The molecule has 0 spiro atoms. The molecule has 3 N–H and O–H groups in total. The average molecular weight is 450 g/mol. The molecule has 0 aliphatic heterocycles. The quantitative estimate of drug-likeness (QED) is 0.502. The van der Waals surface area contributed by atoms with E-state index in [1.54, 1.807) is 0 Å². The van der Waals surface area contributed by atoms with Crippen LogP contribution in [-0.4, -0.2) is 33.0 Å². The summed E-state index contributed by atoms with van der Waals surface area (Å²) in [7, 11) is 0. The van der Waals surface area contributed by atoms with Gasteiger partial charge in [0.05, 0.1) is 5.69 Å². The van der Waals surface area contributed by atoms with E-state index in [4.69, 9.17) is 14.6 Å². The second-order valence-corrected chi connectivity index (χ2v) is 6.78. The first kappa shape index (κ1) is 22.7. The number of phenols is 1. The lowest BCUT2D eigenvalue weighted by Crippen LogP contribution is -2.12. The fourth-order valence-corrected chi connectivity index (χ4v) is 2.87. The number of hydrogen-bond donors (Lipinski definition) is 3. The number of benzene rings is 2. The lowest BCUT2D eigenvalue weighted by atomic mass is 10.1. The zero-order valence-electron chi connectivity index (χ0n) is 16.6. The van der Waals surface area contributed by atoms with Crippen LogP contribution in [0.2, 0.25) is 0 Å². The first-order valence-electron chi connectivity index (χ1n) is 9.13. The SMILES string of the molecule is Cc1cc(OCC(=O)O)cc(C(F)(F)F)c1Oc1ccc(O)c(Cc2ccc(=O)[nH]n2)c1. The number of carboxylic acid groups (broad SMARTS) is 1. The molecule has 0 atom stereocenters. The number of alkyl halides is 3. The van der Waals surface area contributed by atoms with Crippen LogP contribution in [0.4, 0.5) is 13.2 Å². The molecule has 8 nitrogen and oxygen atoms in total. The van der Waals surface area contributed by atoms with E-state index in [2.05, 4.69) is 10.2 Å². The first-order valence-corrected chi connectivity index (χ1v) is 9.13. The molecule has 0 unspecified atom stereocenters.